The summed E-state index contributed by atoms with van der Waals surface area (Å²) in [4.78, 5) is 24.8. The van der Waals surface area contributed by atoms with Gasteiger partial charge in [-0.15, -0.1) is 0 Å². The fraction of sp³-hybridized carbons (Fsp3) is 0.333. The minimum absolute atomic E-state index is 0.0566. The Morgan fingerprint density at radius 2 is 2.12 bits per heavy atom. The van der Waals surface area contributed by atoms with Gasteiger partial charge in [0.1, 0.15) is 6.04 Å². The molecule has 0 bridgehead atoms. The monoisotopic (exact) mass is 218 g/mol. The fourth-order valence-corrected chi connectivity index (χ4v) is 2.05. The molecule has 1 aliphatic heterocycles. The molecule has 0 aliphatic carbocycles. The zero-order chi connectivity index (χ0) is 11.7. The molecule has 0 saturated heterocycles. The molecule has 84 valence electrons. The molecule has 1 atom stereocenters. The summed E-state index contributed by atoms with van der Waals surface area (Å²) in [5, 5.41) is 2.68. The highest BCUT2D eigenvalue weighted by molar-refractivity contribution is 6.06. The number of carbonyl (C=O) groups is 2. The van der Waals surface area contributed by atoms with Crippen LogP contribution in [0, 0.1) is 0 Å². The number of rotatable bonds is 2. The maximum atomic E-state index is 12.0. The van der Waals surface area contributed by atoms with E-state index in [-0.39, 0.29) is 11.8 Å². The van der Waals surface area contributed by atoms with Crippen molar-refractivity contribution in [3.63, 3.8) is 0 Å². The van der Waals surface area contributed by atoms with Crippen molar-refractivity contribution in [1.29, 1.82) is 0 Å². The Kier molecular flexibility index (Phi) is 2.64. The van der Waals surface area contributed by atoms with Crippen molar-refractivity contribution >= 4 is 17.5 Å². The number of anilines is 1. The third-order valence-corrected chi connectivity index (χ3v) is 2.72. The largest absolute Gasteiger partial charge is 0.341 e. The van der Waals surface area contributed by atoms with Crippen LogP contribution in [0.15, 0.2) is 24.3 Å². The number of carbonyl (C=O) groups excluding carboxylic acids is 2. The van der Waals surface area contributed by atoms with E-state index < -0.39 is 6.04 Å². The SMILES string of the molecule is CCN1C(=O)[C@@H](NC(C)=O)c2ccccc21. The van der Waals surface area contributed by atoms with Gasteiger partial charge >= 0.3 is 0 Å². The first kappa shape index (κ1) is 10.7. The van der Waals surface area contributed by atoms with Crippen LogP contribution >= 0.6 is 0 Å². The lowest BCUT2D eigenvalue weighted by molar-refractivity contribution is -0.126. The Morgan fingerprint density at radius 1 is 1.44 bits per heavy atom. The van der Waals surface area contributed by atoms with Gasteiger partial charge in [-0.05, 0) is 13.0 Å². The maximum absolute atomic E-state index is 12.0. The first-order chi connectivity index (χ1) is 7.65. The number of benzene rings is 1. The Bertz CT molecular complexity index is 442. The number of nitrogens with one attached hydrogen (secondary N) is 1. The molecule has 2 amide bonds. The highest BCUT2D eigenvalue weighted by Crippen LogP contribution is 2.35. The van der Waals surface area contributed by atoms with Crippen LogP contribution in [0.25, 0.3) is 0 Å². The molecule has 1 N–H and O–H groups in total. The molecule has 1 aromatic carbocycles. The van der Waals surface area contributed by atoms with Gasteiger partial charge in [0.2, 0.25) is 5.91 Å². The standard InChI is InChI=1S/C12H14N2O2/c1-3-14-10-7-5-4-6-9(10)11(12(14)16)13-8(2)15/h4-7,11H,3H2,1-2H3,(H,13,15)/t11-/m0/s1. The van der Waals surface area contributed by atoms with Crippen LogP contribution in [0.4, 0.5) is 5.69 Å². The van der Waals surface area contributed by atoms with Crippen LogP contribution < -0.4 is 10.2 Å². The lowest BCUT2D eigenvalue weighted by Crippen LogP contribution is -2.36. The fourth-order valence-electron chi connectivity index (χ4n) is 2.05. The second-order valence-electron chi connectivity index (χ2n) is 3.77. The summed E-state index contributed by atoms with van der Waals surface area (Å²) in [5.74, 6) is -0.245. The number of likely N-dealkylation sites (N-methyl/N-ethyl adjacent to an activating group) is 1. The van der Waals surface area contributed by atoms with E-state index in [1.54, 1.807) is 4.90 Å². The van der Waals surface area contributed by atoms with Gasteiger partial charge in [0, 0.05) is 24.7 Å². The van der Waals surface area contributed by atoms with Crippen LogP contribution in [0.2, 0.25) is 0 Å². The average Bonchev–Trinajstić information content (AvgIpc) is 2.52. The number of hydrogen-bond acceptors (Lipinski definition) is 2. The predicted molar refractivity (Wildman–Crippen MR) is 61.0 cm³/mol. The number of fused-ring (bicyclic) bond motifs is 1. The van der Waals surface area contributed by atoms with Gasteiger partial charge in [0.25, 0.3) is 5.91 Å². The van der Waals surface area contributed by atoms with Crippen molar-refractivity contribution in [1.82, 2.24) is 5.32 Å². The molecular weight excluding hydrogens is 204 g/mol. The predicted octanol–water partition coefficient (Wildman–Crippen LogP) is 1.23. The van der Waals surface area contributed by atoms with Gasteiger partial charge < -0.3 is 10.2 Å². The average molecular weight is 218 g/mol. The van der Waals surface area contributed by atoms with Crippen LogP contribution in [0.1, 0.15) is 25.5 Å². The van der Waals surface area contributed by atoms with Crippen LogP contribution in [-0.4, -0.2) is 18.4 Å². The molecule has 0 saturated carbocycles. The summed E-state index contributed by atoms with van der Waals surface area (Å²) in [5.41, 5.74) is 1.78. The first-order valence-corrected chi connectivity index (χ1v) is 5.32. The summed E-state index contributed by atoms with van der Waals surface area (Å²) >= 11 is 0. The van der Waals surface area contributed by atoms with Crippen molar-refractivity contribution in [2.75, 3.05) is 11.4 Å². The molecule has 0 unspecified atom stereocenters. The molecule has 16 heavy (non-hydrogen) atoms. The number of para-hydroxylation sites is 1. The number of hydrogen-bond donors (Lipinski definition) is 1. The second-order valence-corrected chi connectivity index (χ2v) is 3.77. The lowest BCUT2D eigenvalue weighted by atomic mass is 10.1. The van der Waals surface area contributed by atoms with Crippen LogP contribution in [-0.2, 0) is 9.59 Å². The van der Waals surface area contributed by atoms with E-state index in [2.05, 4.69) is 5.32 Å². The Balaban J connectivity index is 2.42. The van der Waals surface area contributed by atoms with Crippen molar-refractivity contribution < 1.29 is 9.59 Å². The van der Waals surface area contributed by atoms with Gasteiger partial charge in [0.05, 0.1) is 0 Å². The molecule has 0 spiro atoms. The topological polar surface area (TPSA) is 49.4 Å². The molecule has 1 aromatic rings. The second kappa shape index (κ2) is 3.96. The van der Waals surface area contributed by atoms with Gasteiger partial charge in [-0.1, -0.05) is 18.2 Å². The van der Waals surface area contributed by atoms with Crippen LogP contribution in [0.3, 0.4) is 0 Å². The molecular formula is C12H14N2O2. The molecule has 4 heteroatoms. The third-order valence-electron chi connectivity index (χ3n) is 2.72. The molecule has 0 aromatic heterocycles. The first-order valence-electron chi connectivity index (χ1n) is 5.32. The van der Waals surface area contributed by atoms with E-state index in [1.165, 1.54) is 6.92 Å². The van der Waals surface area contributed by atoms with E-state index >= 15 is 0 Å². The Hall–Kier alpha value is -1.84. The normalized spacial score (nSPS) is 18.5. The van der Waals surface area contributed by atoms with Crippen molar-refractivity contribution in [3.05, 3.63) is 29.8 Å². The van der Waals surface area contributed by atoms with Gasteiger partial charge in [-0.2, -0.15) is 0 Å². The Labute approximate surface area is 94.2 Å². The molecule has 2 rings (SSSR count). The summed E-state index contributed by atoms with van der Waals surface area (Å²) in [7, 11) is 0. The van der Waals surface area contributed by atoms with Crippen molar-refractivity contribution in [2.45, 2.75) is 19.9 Å². The Morgan fingerprint density at radius 3 is 2.75 bits per heavy atom. The van der Waals surface area contributed by atoms with Gasteiger partial charge in [0.15, 0.2) is 0 Å². The summed E-state index contributed by atoms with van der Waals surface area (Å²) in [6.07, 6.45) is 0. The lowest BCUT2D eigenvalue weighted by Gasteiger charge is -2.15. The summed E-state index contributed by atoms with van der Waals surface area (Å²) in [6.45, 7) is 3.96. The highest BCUT2D eigenvalue weighted by Gasteiger charge is 2.36. The van der Waals surface area contributed by atoms with E-state index in [4.69, 9.17) is 0 Å². The zero-order valence-electron chi connectivity index (χ0n) is 9.36. The van der Waals surface area contributed by atoms with Gasteiger partial charge in [-0.3, -0.25) is 9.59 Å². The molecule has 0 fully saturated rings. The molecule has 1 heterocycles. The summed E-state index contributed by atoms with van der Waals surface area (Å²) in [6, 6.07) is 7.03. The minimum Gasteiger partial charge on any atom is -0.341 e. The molecule has 0 radical (unpaired) electrons. The smallest absolute Gasteiger partial charge is 0.254 e. The van der Waals surface area contributed by atoms with E-state index in [9.17, 15) is 9.59 Å². The molecule has 1 aliphatic rings. The highest BCUT2D eigenvalue weighted by atomic mass is 16.2. The maximum Gasteiger partial charge on any atom is 0.254 e. The quantitative estimate of drug-likeness (QED) is 0.811. The zero-order valence-corrected chi connectivity index (χ0v) is 9.36. The van der Waals surface area contributed by atoms with Gasteiger partial charge in [-0.25, -0.2) is 0 Å². The molecule has 4 nitrogen and oxygen atoms in total. The van der Waals surface area contributed by atoms with Crippen molar-refractivity contribution in [2.24, 2.45) is 0 Å². The van der Waals surface area contributed by atoms with Crippen LogP contribution in [0.5, 0.6) is 0 Å². The van der Waals surface area contributed by atoms with E-state index in [0.29, 0.717) is 6.54 Å². The minimum atomic E-state index is -0.520. The van der Waals surface area contributed by atoms with E-state index in [1.807, 2.05) is 31.2 Å². The van der Waals surface area contributed by atoms with E-state index in [0.717, 1.165) is 11.3 Å². The number of amides is 2. The number of nitrogens with zero attached hydrogens (tertiary/aromatic N) is 1. The third kappa shape index (κ3) is 1.56. The summed E-state index contributed by atoms with van der Waals surface area (Å²) < 4.78 is 0. The van der Waals surface area contributed by atoms with Crippen molar-refractivity contribution in [3.8, 4) is 0 Å².